The van der Waals surface area contributed by atoms with Gasteiger partial charge in [0.15, 0.2) is 0 Å². The minimum Gasteiger partial charge on any atom is -0.356 e. The van der Waals surface area contributed by atoms with Crippen molar-refractivity contribution in [2.75, 3.05) is 23.3 Å². The van der Waals surface area contributed by atoms with Crippen LogP contribution in [0.2, 0.25) is 0 Å². The number of nitrogens with one attached hydrogen (secondary N) is 2. The molecular formula is C15H18N6O3. The molecule has 2 N–H and O–H groups in total. The highest BCUT2D eigenvalue weighted by Crippen LogP contribution is 2.19. The van der Waals surface area contributed by atoms with Crippen LogP contribution in [0.3, 0.4) is 0 Å². The van der Waals surface area contributed by atoms with Crippen LogP contribution < -0.4 is 21.5 Å². The number of nitrogens with zero attached hydrogens (tertiary/aromatic N) is 4. The summed E-state index contributed by atoms with van der Waals surface area (Å²) in [5, 5.41) is 2.70. The number of aromatic nitrogens is 4. The van der Waals surface area contributed by atoms with Crippen LogP contribution in [-0.4, -0.2) is 38.5 Å². The van der Waals surface area contributed by atoms with Crippen LogP contribution in [0.1, 0.15) is 19.3 Å². The molecule has 0 radical (unpaired) electrons. The molecular weight excluding hydrogens is 312 g/mol. The largest absolute Gasteiger partial charge is 0.356 e. The lowest BCUT2D eigenvalue weighted by atomic mass is 10.3. The van der Waals surface area contributed by atoms with Crippen LogP contribution in [0, 0.1) is 0 Å². The van der Waals surface area contributed by atoms with E-state index in [2.05, 4.69) is 25.2 Å². The molecule has 1 aliphatic rings. The van der Waals surface area contributed by atoms with Crippen LogP contribution >= 0.6 is 0 Å². The average Bonchev–Trinajstić information content (AvgIpc) is 3.09. The van der Waals surface area contributed by atoms with E-state index in [9.17, 15) is 14.4 Å². The zero-order valence-corrected chi connectivity index (χ0v) is 13.1. The molecule has 0 aromatic carbocycles. The Kier molecular flexibility index (Phi) is 4.69. The zero-order valence-electron chi connectivity index (χ0n) is 13.1. The number of carbonyl (C=O) groups excluding carboxylic acids is 1. The Hall–Kier alpha value is -2.97. The molecule has 3 rings (SSSR count). The second-order valence-electron chi connectivity index (χ2n) is 5.56. The third-order valence-corrected chi connectivity index (χ3v) is 3.83. The van der Waals surface area contributed by atoms with E-state index in [1.54, 1.807) is 6.07 Å². The summed E-state index contributed by atoms with van der Waals surface area (Å²) in [6, 6.07) is 2.99. The predicted molar refractivity (Wildman–Crippen MR) is 88.0 cm³/mol. The van der Waals surface area contributed by atoms with Gasteiger partial charge in [0.05, 0.1) is 0 Å². The molecule has 0 spiro atoms. The number of anilines is 2. The smallest absolute Gasteiger partial charge is 0.328 e. The fraction of sp³-hybridized carbons (Fsp3) is 0.400. The van der Waals surface area contributed by atoms with Crippen molar-refractivity contribution in [1.82, 2.24) is 19.5 Å². The van der Waals surface area contributed by atoms with E-state index < -0.39 is 11.2 Å². The summed E-state index contributed by atoms with van der Waals surface area (Å²) >= 11 is 0. The summed E-state index contributed by atoms with van der Waals surface area (Å²) in [6.07, 6.45) is 5.16. The fourth-order valence-corrected chi connectivity index (χ4v) is 2.58. The van der Waals surface area contributed by atoms with Crippen molar-refractivity contribution in [3.05, 3.63) is 45.5 Å². The molecule has 9 nitrogen and oxygen atoms in total. The highest BCUT2D eigenvalue weighted by molar-refractivity contribution is 5.89. The second kappa shape index (κ2) is 7.07. The molecule has 0 bridgehead atoms. The second-order valence-corrected chi connectivity index (χ2v) is 5.56. The molecule has 9 heteroatoms. The fourth-order valence-electron chi connectivity index (χ4n) is 2.58. The zero-order chi connectivity index (χ0) is 16.9. The van der Waals surface area contributed by atoms with Gasteiger partial charge in [0.25, 0.3) is 5.56 Å². The molecule has 1 aliphatic heterocycles. The SMILES string of the molecule is O=C(CCn1ccc(=O)[nH]c1=O)Nc1cc(N2CCCC2)ncn1. The van der Waals surface area contributed by atoms with E-state index in [-0.39, 0.29) is 18.9 Å². The molecule has 0 saturated carbocycles. The third-order valence-electron chi connectivity index (χ3n) is 3.83. The molecule has 0 atom stereocenters. The predicted octanol–water partition coefficient (Wildman–Crippen LogP) is -0.0444. The van der Waals surface area contributed by atoms with Crippen LogP contribution in [0.4, 0.5) is 11.6 Å². The van der Waals surface area contributed by atoms with E-state index >= 15 is 0 Å². The van der Waals surface area contributed by atoms with Gasteiger partial charge in [-0.2, -0.15) is 0 Å². The first-order chi connectivity index (χ1) is 11.6. The lowest BCUT2D eigenvalue weighted by Crippen LogP contribution is -2.29. The van der Waals surface area contributed by atoms with Gasteiger partial charge in [0, 0.05) is 44.4 Å². The number of aryl methyl sites for hydroxylation is 1. The van der Waals surface area contributed by atoms with E-state index in [0.717, 1.165) is 31.7 Å². The minimum atomic E-state index is -0.534. The Balaban J connectivity index is 1.59. The van der Waals surface area contributed by atoms with Gasteiger partial charge in [-0.15, -0.1) is 0 Å². The maximum Gasteiger partial charge on any atom is 0.328 e. The summed E-state index contributed by atoms with van der Waals surface area (Å²) in [5.41, 5.74) is -0.996. The van der Waals surface area contributed by atoms with Gasteiger partial charge in [0.1, 0.15) is 18.0 Å². The number of hydrogen-bond acceptors (Lipinski definition) is 6. The van der Waals surface area contributed by atoms with Gasteiger partial charge in [-0.25, -0.2) is 14.8 Å². The third kappa shape index (κ3) is 3.86. The highest BCUT2D eigenvalue weighted by Gasteiger charge is 2.14. The van der Waals surface area contributed by atoms with Crippen molar-refractivity contribution < 1.29 is 4.79 Å². The molecule has 3 heterocycles. The van der Waals surface area contributed by atoms with Gasteiger partial charge in [-0.3, -0.25) is 14.6 Å². The van der Waals surface area contributed by atoms with Crippen LogP contribution in [0.5, 0.6) is 0 Å². The summed E-state index contributed by atoms with van der Waals surface area (Å²) in [5.74, 6) is 0.972. The number of aromatic amines is 1. The van der Waals surface area contributed by atoms with Crippen molar-refractivity contribution in [3.8, 4) is 0 Å². The van der Waals surface area contributed by atoms with Crippen molar-refractivity contribution in [1.29, 1.82) is 0 Å². The quantitative estimate of drug-likeness (QED) is 0.795. The standard InChI is InChI=1S/C15H18N6O3/c22-13(3-7-21-8-4-14(23)19-15(21)24)18-11-9-12(17-10-16-11)20-5-1-2-6-20/h4,8-10H,1-3,5-7H2,(H,19,23,24)(H,16,17,18,22). The molecule has 1 amide bonds. The van der Waals surface area contributed by atoms with Gasteiger partial charge < -0.3 is 14.8 Å². The number of carbonyl (C=O) groups is 1. The number of H-pyrrole nitrogens is 1. The number of amides is 1. The van der Waals surface area contributed by atoms with Crippen molar-refractivity contribution in [3.63, 3.8) is 0 Å². The molecule has 126 valence electrons. The molecule has 1 saturated heterocycles. The van der Waals surface area contributed by atoms with Gasteiger partial charge >= 0.3 is 5.69 Å². The average molecular weight is 330 g/mol. The van der Waals surface area contributed by atoms with Crippen molar-refractivity contribution >= 4 is 17.5 Å². The Labute approximate surface area is 137 Å². The van der Waals surface area contributed by atoms with Gasteiger partial charge in [-0.05, 0) is 12.8 Å². The van der Waals surface area contributed by atoms with Gasteiger partial charge in [0.2, 0.25) is 5.91 Å². The molecule has 1 fully saturated rings. The molecule has 2 aromatic rings. The van der Waals surface area contributed by atoms with Crippen molar-refractivity contribution in [2.45, 2.75) is 25.8 Å². The molecule has 24 heavy (non-hydrogen) atoms. The minimum absolute atomic E-state index is 0.0923. The molecule has 0 aliphatic carbocycles. The topological polar surface area (TPSA) is 113 Å². The van der Waals surface area contributed by atoms with E-state index in [0.29, 0.717) is 5.82 Å². The highest BCUT2D eigenvalue weighted by atomic mass is 16.2. The summed E-state index contributed by atoms with van der Waals surface area (Å²) in [6.45, 7) is 2.09. The maximum absolute atomic E-state index is 12.0. The Bertz CT molecular complexity index is 837. The lowest BCUT2D eigenvalue weighted by Gasteiger charge is -2.16. The normalized spacial score (nSPS) is 13.9. The van der Waals surface area contributed by atoms with Gasteiger partial charge in [-0.1, -0.05) is 0 Å². The summed E-state index contributed by atoms with van der Waals surface area (Å²) in [4.78, 5) is 47.1. The Morgan fingerprint density at radius 3 is 2.79 bits per heavy atom. The van der Waals surface area contributed by atoms with Crippen molar-refractivity contribution in [2.24, 2.45) is 0 Å². The van der Waals surface area contributed by atoms with Crippen LogP contribution in [0.15, 0.2) is 34.2 Å². The monoisotopic (exact) mass is 330 g/mol. The summed E-state index contributed by atoms with van der Waals surface area (Å²) < 4.78 is 1.27. The number of hydrogen-bond donors (Lipinski definition) is 2. The van der Waals surface area contributed by atoms with Crippen LogP contribution in [-0.2, 0) is 11.3 Å². The molecule has 2 aromatic heterocycles. The first kappa shape index (κ1) is 15.9. The van der Waals surface area contributed by atoms with E-state index in [1.165, 1.54) is 23.2 Å². The lowest BCUT2D eigenvalue weighted by molar-refractivity contribution is -0.116. The molecule has 0 unspecified atom stereocenters. The Morgan fingerprint density at radius 1 is 1.25 bits per heavy atom. The van der Waals surface area contributed by atoms with E-state index in [1.807, 2.05) is 0 Å². The van der Waals surface area contributed by atoms with Crippen LogP contribution in [0.25, 0.3) is 0 Å². The first-order valence-corrected chi connectivity index (χ1v) is 7.78. The maximum atomic E-state index is 12.0. The first-order valence-electron chi connectivity index (χ1n) is 7.78. The Morgan fingerprint density at radius 2 is 2.04 bits per heavy atom. The number of rotatable bonds is 5. The van der Waals surface area contributed by atoms with E-state index in [4.69, 9.17) is 0 Å². The summed E-state index contributed by atoms with van der Waals surface area (Å²) in [7, 11) is 0.